The summed E-state index contributed by atoms with van der Waals surface area (Å²) in [7, 11) is 0. The molecule has 1 rings (SSSR count). The molecule has 0 aliphatic heterocycles. The average molecular weight is 383 g/mol. The number of halogens is 3. The van der Waals surface area contributed by atoms with E-state index in [-0.39, 0.29) is 39.4 Å². The molecule has 23 heavy (non-hydrogen) atoms. The lowest BCUT2D eigenvalue weighted by molar-refractivity contribution is -0.150. The fraction of sp³-hybridized carbons (Fsp3) is 0.467. The summed E-state index contributed by atoms with van der Waals surface area (Å²) >= 11 is 17.5. The molecule has 1 aromatic rings. The second kappa shape index (κ2) is 9.85. The molecule has 0 radical (unpaired) electrons. The zero-order valence-electron chi connectivity index (χ0n) is 12.8. The number of esters is 1. The lowest BCUT2D eigenvalue weighted by Crippen LogP contribution is -2.36. The van der Waals surface area contributed by atoms with E-state index in [0.717, 1.165) is 12.8 Å². The zero-order chi connectivity index (χ0) is 17.4. The molecule has 0 bridgehead atoms. The summed E-state index contributed by atoms with van der Waals surface area (Å²) in [6.45, 7) is 3.16. The van der Waals surface area contributed by atoms with E-state index in [1.54, 1.807) is 0 Å². The van der Waals surface area contributed by atoms with Gasteiger partial charge in [-0.05, 0) is 19.4 Å². The van der Waals surface area contributed by atoms with Crippen LogP contribution >= 0.6 is 34.8 Å². The Bertz CT molecular complexity index is 566. The van der Waals surface area contributed by atoms with Crippen LogP contribution in [0.4, 0.5) is 0 Å². The van der Waals surface area contributed by atoms with Gasteiger partial charge in [0.15, 0.2) is 13.2 Å². The average Bonchev–Trinajstić information content (AvgIpc) is 2.47. The van der Waals surface area contributed by atoms with E-state index in [0.29, 0.717) is 0 Å². The van der Waals surface area contributed by atoms with Crippen LogP contribution in [0.3, 0.4) is 0 Å². The van der Waals surface area contributed by atoms with Crippen molar-refractivity contribution in [1.29, 1.82) is 0 Å². The van der Waals surface area contributed by atoms with Crippen LogP contribution in [0.5, 0.6) is 5.75 Å². The molecule has 0 saturated carbocycles. The number of amides is 1. The Morgan fingerprint density at radius 1 is 1.13 bits per heavy atom. The van der Waals surface area contributed by atoms with Crippen molar-refractivity contribution in [3.05, 3.63) is 27.2 Å². The van der Waals surface area contributed by atoms with E-state index in [9.17, 15) is 9.59 Å². The van der Waals surface area contributed by atoms with Crippen LogP contribution in [0, 0.1) is 0 Å². The first-order valence-corrected chi connectivity index (χ1v) is 8.19. The smallest absolute Gasteiger partial charge is 0.344 e. The summed E-state index contributed by atoms with van der Waals surface area (Å²) in [6.07, 6.45) is 1.82. The summed E-state index contributed by atoms with van der Waals surface area (Å²) in [5.41, 5.74) is 0. The minimum absolute atomic E-state index is 0.0393. The quantitative estimate of drug-likeness (QED) is 0.547. The summed E-state index contributed by atoms with van der Waals surface area (Å²) in [5, 5.41) is 3.48. The number of carbonyl (C=O) groups excluding carboxylic acids is 2. The molecule has 0 aliphatic rings. The van der Waals surface area contributed by atoms with E-state index >= 15 is 0 Å². The van der Waals surface area contributed by atoms with Crippen LogP contribution in [0.15, 0.2) is 12.1 Å². The Labute approximate surface area is 150 Å². The van der Waals surface area contributed by atoms with Gasteiger partial charge in [-0.3, -0.25) is 4.79 Å². The van der Waals surface area contributed by atoms with Crippen molar-refractivity contribution in [2.75, 3.05) is 13.2 Å². The Kier molecular flexibility index (Phi) is 8.52. The van der Waals surface area contributed by atoms with Crippen molar-refractivity contribution < 1.29 is 19.1 Å². The van der Waals surface area contributed by atoms with E-state index in [4.69, 9.17) is 44.3 Å². The zero-order valence-corrected chi connectivity index (χ0v) is 15.1. The summed E-state index contributed by atoms with van der Waals surface area (Å²) in [5.74, 6) is -0.837. The van der Waals surface area contributed by atoms with Gasteiger partial charge in [-0.25, -0.2) is 4.79 Å². The number of hydrogen-bond acceptors (Lipinski definition) is 4. The summed E-state index contributed by atoms with van der Waals surface area (Å²) in [4.78, 5) is 23.1. The van der Waals surface area contributed by atoms with Gasteiger partial charge in [0, 0.05) is 12.1 Å². The Balaban J connectivity index is 2.37. The lowest BCUT2D eigenvalue weighted by atomic mass is 10.2. The summed E-state index contributed by atoms with van der Waals surface area (Å²) < 4.78 is 10.0. The maximum atomic E-state index is 11.6. The summed E-state index contributed by atoms with van der Waals surface area (Å²) in [6, 6.07) is 2.85. The molecule has 8 heteroatoms. The Morgan fingerprint density at radius 2 is 1.78 bits per heavy atom. The van der Waals surface area contributed by atoms with Crippen LogP contribution in [0.2, 0.25) is 15.1 Å². The second-order valence-corrected chi connectivity index (χ2v) is 6.12. The standard InChI is InChI=1S/C15H18Cl3NO4/c1-3-4-9(2)19-14(20)7-23-15(21)8-22-13-6-11(17)10(16)5-12(13)18/h5-6,9H,3-4,7-8H2,1-2H3,(H,19,20)/t9-/m0/s1. The van der Waals surface area contributed by atoms with Gasteiger partial charge in [0.2, 0.25) is 0 Å². The van der Waals surface area contributed by atoms with Crippen LogP contribution in [-0.2, 0) is 14.3 Å². The number of nitrogens with one attached hydrogen (secondary N) is 1. The molecule has 1 amide bonds. The number of rotatable bonds is 8. The molecule has 0 saturated heterocycles. The molecule has 0 aliphatic carbocycles. The van der Waals surface area contributed by atoms with Crippen molar-refractivity contribution in [1.82, 2.24) is 5.32 Å². The molecule has 0 spiro atoms. The first-order chi connectivity index (χ1) is 10.8. The van der Waals surface area contributed by atoms with Crippen molar-refractivity contribution in [2.24, 2.45) is 0 Å². The SMILES string of the molecule is CCC[C@H](C)NC(=O)COC(=O)COc1cc(Cl)c(Cl)cc1Cl. The third kappa shape index (κ3) is 7.29. The van der Waals surface area contributed by atoms with Crippen molar-refractivity contribution >= 4 is 46.7 Å². The van der Waals surface area contributed by atoms with Crippen molar-refractivity contribution in [3.63, 3.8) is 0 Å². The fourth-order valence-corrected chi connectivity index (χ4v) is 2.35. The predicted octanol–water partition coefficient (Wildman–Crippen LogP) is 3.87. The minimum Gasteiger partial charge on any atom is -0.480 e. The lowest BCUT2D eigenvalue weighted by Gasteiger charge is -2.13. The molecule has 1 N–H and O–H groups in total. The van der Waals surface area contributed by atoms with Gasteiger partial charge in [-0.2, -0.15) is 0 Å². The number of benzene rings is 1. The Hall–Kier alpha value is -1.17. The highest BCUT2D eigenvalue weighted by Gasteiger charge is 2.12. The van der Waals surface area contributed by atoms with Crippen molar-refractivity contribution in [2.45, 2.75) is 32.7 Å². The second-order valence-electron chi connectivity index (χ2n) is 4.90. The minimum atomic E-state index is -0.689. The first kappa shape index (κ1) is 19.9. The van der Waals surface area contributed by atoms with Gasteiger partial charge < -0.3 is 14.8 Å². The van der Waals surface area contributed by atoms with Crippen LogP contribution < -0.4 is 10.1 Å². The molecule has 1 aromatic carbocycles. The molecular weight excluding hydrogens is 365 g/mol. The third-order valence-corrected chi connectivity index (χ3v) is 3.83. The van der Waals surface area contributed by atoms with Crippen LogP contribution in [-0.4, -0.2) is 31.1 Å². The molecule has 0 aromatic heterocycles. The van der Waals surface area contributed by atoms with E-state index < -0.39 is 12.6 Å². The highest BCUT2D eigenvalue weighted by Crippen LogP contribution is 2.33. The number of hydrogen-bond donors (Lipinski definition) is 1. The predicted molar refractivity (Wildman–Crippen MR) is 90.4 cm³/mol. The maximum Gasteiger partial charge on any atom is 0.344 e. The van der Waals surface area contributed by atoms with Gasteiger partial charge in [-0.15, -0.1) is 0 Å². The van der Waals surface area contributed by atoms with Crippen LogP contribution in [0.25, 0.3) is 0 Å². The van der Waals surface area contributed by atoms with Gasteiger partial charge >= 0.3 is 5.97 Å². The Morgan fingerprint density at radius 3 is 2.43 bits per heavy atom. The molecule has 0 heterocycles. The highest BCUT2D eigenvalue weighted by molar-refractivity contribution is 6.43. The first-order valence-electron chi connectivity index (χ1n) is 7.05. The number of carbonyl (C=O) groups is 2. The fourth-order valence-electron chi connectivity index (χ4n) is 1.76. The van der Waals surface area contributed by atoms with E-state index in [2.05, 4.69) is 5.32 Å². The van der Waals surface area contributed by atoms with Gasteiger partial charge in [-0.1, -0.05) is 48.1 Å². The largest absolute Gasteiger partial charge is 0.480 e. The normalized spacial score (nSPS) is 11.7. The molecule has 5 nitrogen and oxygen atoms in total. The molecule has 0 unspecified atom stereocenters. The van der Waals surface area contributed by atoms with E-state index in [1.807, 2.05) is 13.8 Å². The highest BCUT2D eigenvalue weighted by atomic mass is 35.5. The molecular formula is C15H18Cl3NO4. The van der Waals surface area contributed by atoms with Crippen LogP contribution in [0.1, 0.15) is 26.7 Å². The van der Waals surface area contributed by atoms with E-state index in [1.165, 1.54) is 12.1 Å². The molecule has 1 atom stereocenters. The number of ether oxygens (including phenoxy) is 2. The topological polar surface area (TPSA) is 64.6 Å². The van der Waals surface area contributed by atoms with Gasteiger partial charge in [0.05, 0.1) is 15.1 Å². The maximum absolute atomic E-state index is 11.6. The molecule has 128 valence electrons. The van der Waals surface area contributed by atoms with Crippen molar-refractivity contribution in [3.8, 4) is 5.75 Å². The third-order valence-electron chi connectivity index (χ3n) is 2.81. The van der Waals surface area contributed by atoms with Gasteiger partial charge in [0.25, 0.3) is 5.91 Å². The monoisotopic (exact) mass is 381 g/mol. The van der Waals surface area contributed by atoms with Gasteiger partial charge in [0.1, 0.15) is 5.75 Å². The molecule has 0 fully saturated rings.